The zero-order valence-electron chi connectivity index (χ0n) is 45.1. The second-order valence-electron chi connectivity index (χ2n) is 21.1. The van der Waals surface area contributed by atoms with Crippen LogP contribution in [0.25, 0.3) is 22.3 Å². The molecule has 8 atom stereocenters. The molecule has 31 nitrogen and oxygen atoms in total. The van der Waals surface area contributed by atoms with Gasteiger partial charge in [0, 0.05) is 17.8 Å². The molecular formula is C48H61N15O16S2. The average Bonchev–Trinajstić information content (AvgIpc) is 4.19. The number of rotatable bonds is 13. The summed E-state index contributed by atoms with van der Waals surface area (Å²) in [7, 11) is -9.17. The summed E-state index contributed by atoms with van der Waals surface area (Å²) in [5, 5.41) is 23.3. The van der Waals surface area contributed by atoms with Crippen molar-refractivity contribution in [2.45, 2.75) is 128 Å². The van der Waals surface area contributed by atoms with E-state index in [2.05, 4.69) is 39.9 Å². The first-order valence-corrected chi connectivity index (χ1v) is 27.7. The van der Waals surface area contributed by atoms with Crippen molar-refractivity contribution in [3.05, 3.63) is 90.5 Å². The summed E-state index contributed by atoms with van der Waals surface area (Å²) < 4.78 is 96.4. The Morgan fingerprint density at radius 1 is 0.716 bits per heavy atom. The molecule has 3 saturated heterocycles. The summed E-state index contributed by atoms with van der Waals surface area (Å²) in [5.74, 6) is -2.78. The number of aliphatic hydroxyl groups excluding tert-OH is 2. The first-order valence-electron chi connectivity index (χ1n) is 24.7. The van der Waals surface area contributed by atoms with Gasteiger partial charge in [-0.15, -0.1) is 0 Å². The van der Waals surface area contributed by atoms with Crippen molar-refractivity contribution < 1.29 is 74.6 Å². The molecule has 10 N–H and O–H groups in total. The number of amides is 4. The zero-order valence-corrected chi connectivity index (χ0v) is 46.7. The number of carbonyl (C=O) groups excluding carboxylic acids is 4. The number of aromatic nitrogens is 8. The summed E-state index contributed by atoms with van der Waals surface area (Å²) in [6.45, 7) is 13.9. The number of para-hydroxylation sites is 1. The van der Waals surface area contributed by atoms with Crippen LogP contribution in [0, 0.1) is 6.92 Å². The summed E-state index contributed by atoms with van der Waals surface area (Å²) >= 11 is 0. The number of hydrogen-bond donors (Lipinski definition) is 8. The number of nitrogen functional groups attached to an aromatic ring is 2. The molecule has 0 aliphatic carbocycles. The van der Waals surface area contributed by atoms with Crippen molar-refractivity contribution in [2.24, 2.45) is 0 Å². The van der Waals surface area contributed by atoms with E-state index in [1.807, 2.05) is 9.44 Å². The van der Waals surface area contributed by atoms with Crippen molar-refractivity contribution >= 4 is 84.1 Å². The zero-order chi connectivity index (χ0) is 59.1. The van der Waals surface area contributed by atoms with Crippen molar-refractivity contribution in [3.63, 3.8) is 0 Å². The standard InChI is InChI=1S/C31H41N7O10S.C17H20N8O6S/c1-17-12-10-11-13-18(17)25(39)36-49(42,43)38(28(41)48-30(5,6)7)14-19-21-22(46-31(8,9)45-21)26(44-19)37-16-34-20-23(32-15-33-24(20)37)35-27(40)47-29(2,3)4;18-9-4-2-1-3-8(9)16(28)24-32(29,30)23-5-10-12(26)13(27)17(31-10)25-7-22-11-14(19)20-6-21-15(11)25/h10-13,15-16,19,21-22,26H,14H2,1-9H3,(H,36,39)(H,32,33,35,40);1-4,6-7,10,12-13,17,23,26-27H,5,18H2,(H,24,28)(H2,19,20,21)/t19-,21-,22-,26-;10-,12-,13-,17-/m11/s1. The fraction of sp³-hybridized carbons (Fsp3) is 0.458. The Morgan fingerprint density at radius 2 is 1.28 bits per heavy atom. The number of imidazole rings is 2. The van der Waals surface area contributed by atoms with Crippen LogP contribution in [0.3, 0.4) is 0 Å². The molecular weight excluding hydrogens is 1110 g/mol. The highest BCUT2D eigenvalue weighted by atomic mass is 32.2. The van der Waals surface area contributed by atoms with Gasteiger partial charge in [-0.05, 0) is 86.1 Å². The van der Waals surface area contributed by atoms with Crippen LogP contribution in [-0.4, -0.2) is 161 Å². The number of fused-ring (bicyclic) bond motifs is 3. The number of anilines is 3. The predicted molar refractivity (Wildman–Crippen MR) is 284 cm³/mol. The summed E-state index contributed by atoms with van der Waals surface area (Å²) in [5.41, 5.74) is 11.3. The highest BCUT2D eigenvalue weighted by Gasteiger charge is 2.57. The summed E-state index contributed by atoms with van der Waals surface area (Å²) in [6, 6.07) is 12.4. The van der Waals surface area contributed by atoms with Crippen molar-refractivity contribution in [2.75, 3.05) is 29.9 Å². The van der Waals surface area contributed by atoms with E-state index in [0.29, 0.717) is 9.87 Å². The molecule has 0 radical (unpaired) electrons. The maximum absolute atomic E-state index is 13.7. The molecule has 3 aliphatic rings. The Balaban J connectivity index is 0.000000232. The van der Waals surface area contributed by atoms with Gasteiger partial charge in [0.25, 0.3) is 11.8 Å². The summed E-state index contributed by atoms with van der Waals surface area (Å²) in [4.78, 5) is 76.0. The molecule has 81 heavy (non-hydrogen) atoms. The first kappa shape index (κ1) is 59.4. The van der Waals surface area contributed by atoms with Gasteiger partial charge in [0.15, 0.2) is 46.7 Å². The lowest BCUT2D eigenvalue weighted by Crippen LogP contribution is -2.52. The maximum Gasteiger partial charge on any atom is 0.425 e. The van der Waals surface area contributed by atoms with E-state index in [4.69, 9.17) is 39.9 Å². The lowest BCUT2D eigenvalue weighted by Gasteiger charge is -2.30. The van der Waals surface area contributed by atoms with E-state index in [0.717, 1.165) is 0 Å². The molecule has 0 bridgehead atoms. The normalized spacial score (nSPS) is 22.6. The van der Waals surface area contributed by atoms with Gasteiger partial charge in [-0.2, -0.15) is 25.9 Å². The van der Waals surface area contributed by atoms with Crippen LogP contribution in [0.1, 0.15) is 94.1 Å². The minimum absolute atomic E-state index is 0.0150. The molecule has 0 saturated carbocycles. The fourth-order valence-corrected chi connectivity index (χ4v) is 10.5. The molecule has 0 unspecified atom stereocenters. The van der Waals surface area contributed by atoms with E-state index in [1.165, 1.54) is 58.7 Å². The molecule has 7 heterocycles. The number of ether oxygens (including phenoxy) is 6. The molecule has 3 fully saturated rings. The lowest BCUT2D eigenvalue weighted by atomic mass is 10.1. The van der Waals surface area contributed by atoms with Gasteiger partial charge in [0.1, 0.15) is 66.0 Å². The highest BCUT2D eigenvalue weighted by Crippen LogP contribution is 2.44. The largest absolute Gasteiger partial charge is 0.444 e. The molecule has 0 spiro atoms. The van der Waals surface area contributed by atoms with Gasteiger partial charge in [-0.25, -0.2) is 48.9 Å². The van der Waals surface area contributed by atoms with Gasteiger partial charge in [-0.1, -0.05) is 30.3 Å². The van der Waals surface area contributed by atoms with E-state index in [-0.39, 0.29) is 50.8 Å². The Morgan fingerprint density at radius 3 is 1.94 bits per heavy atom. The molecule has 3 aliphatic heterocycles. The monoisotopic (exact) mass is 1170 g/mol. The fourth-order valence-electron chi connectivity index (χ4n) is 8.65. The van der Waals surface area contributed by atoms with Crippen LogP contribution in [0.15, 0.2) is 73.8 Å². The van der Waals surface area contributed by atoms with Gasteiger partial charge in [-0.3, -0.25) is 24.0 Å². The number of aryl methyl sites for hydroxylation is 1. The number of nitrogens with two attached hydrogens (primary N) is 2. The number of benzene rings is 2. The number of nitrogens with zero attached hydrogens (tertiary/aromatic N) is 9. The Bertz CT molecular complexity index is 3590. The smallest absolute Gasteiger partial charge is 0.425 e. The Kier molecular flexibility index (Phi) is 16.6. The average molecular weight is 1170 g/mol. The summed E-state index contributed by atoms with van der Waals surface area (Å²) in [6.07, 6.45) is -5.79. The number of aliphatic hydroxyl groups is 2. The predicted octanol–water partition coefficient (Wildman–Crippen LogP) is 1.69. The second-order valence-corrected chi connectivity index (χ2v) is 24.2. The number of carbonyl (C=O) groups is 4. The third-order valence-corrected chi connectivity index (χ3v) is 14.5. The topological polar surface area (TPSA) is 423 Å². The van der Waals surface area contributed by atoms with Gasteiger partial charge >= 0.3 is 32.6 Å². The Labute approximate surface area is 463 Å². The van der Waals surface area contributed by atoms with Crippen molar-refractivity contribution in [1.29, 1.82) is 0 Å². The highest BCUT2D eigenvalue weighted by molar-refractivity contribution is 7.88. The Hall–Kier alpha value is -7.76. The molecule has 33 heteroatoms. The minimum Gasteiger partial charge on any atom is -0.444 e. The van der Waals surface area contributed by atoms with Crippen LogP contribution in [0.4, 0.5) is 26.9 Å². The number of hydrogen-bond acceptors (Lipinski definition) is 24. The van der Waals surface area contributed by atoms with E-state index in [9.17, 15) is 46.2 Å². The van der Waals surface area contributed by atoms with Crippen LogP contribution < -0.4 is 31.0 Å². The maximum atomic E-state index is 13.7. The second kappa shape index (κ2) is 22.6. The molecule has 4 amide bonds. The first-order chi connectivity index (χ1) is 37.8. The third-order valence-electron chi connectivity index (χ3n) is 12.1. The SMILES string of the molecule is Cc1ccccc1C(=O)NS(=O)(=O)N(C[C@H]1O[C@@H](n2cnc3c(NC(=O)OC(C)(C)C)ncnc32)[C@@H]2OC(C)(C)O[C@@H]21)C(=O)OC(C)(C)C.Nc1ccccc1C(=O)NS(=O)(=O)NC[C@H]1O[C@@H](n2cnc3c(N)ncnc32)[C@H](O)[C@@H]1O. The van der Waals surface area contributed by atoms with E-state index >= 15 is 0 Å². The van der Waals surface area contributed by atoms with Crippen LogP contribution in [-0.2, 0) is 48.8 Å². The molecule has 4 aromatic heterocycles. The number of nitrogens with one attached hydrogen (secondary N) is 4. The molecule has 9 rings (SSSR count). The van der Waals surface area contributed by atoms with Crippen molar-refractivity contribution in [3.8, 4) is 0 Å². The van der Waals surface area contributed by atoms with Gasteiger partial charge in [0.05, 0.1) is 24.8 Å². The lowest BCUT2D eigenvalue weighted by molar-refractivity contribution is -0.196. The quantitative estimate of drug-likeness (QED) is 0.0763. The van der Waals surface area contributed by atoms with Crippen molar-refractivity contribution in [1.82, 2.24) is 57.5 Å². The van der Waals surface area contributed by atoms with Gasteiger partial charge in [0.2, 0.25) is 0 Å². The van der Waals surface area contributed by atoms with E-state index < -0.39 is 124 Å². The molecule has 6 aromatic rings. The van der Waals surface area contributed by atoms with E-state index in [1.54, 1.807) is 86.6 Å². The minimum atomic E-state index is -4.85. The molecule has 436 valence electrons. The molecule has 2 aromatic carbocycles. The van der Waals surface area contributed by atoms with Gasteiger partial charge < -0.3 is 50.1 Å². The van der Waals surface area contributed by atoms with Crippen LogP contribution >= 0.6 is 0 Å². The third kappa shape index (κ3) is 13.5. The van der Waals surface area contributed by atoms with Crippen LogP contribution in [0.2, 0.25) is 0 Å². The van der Waals surface area contributed by atoms with Crippen LogP contribution in [0.5, 0.6) is 0 Å².